The fourth-order valence-electron chi connectivity index (χ4n) is 4.26. The lowest BCUT2D eigenvalue weighted by Crippen LogP contribution is -2.34. The molecule has 3 aromatic rings. The topological polar surface area (TPSA) is 82.6 Å². The molecule has 1 aliphatic heterocycles. The third-order valence-corrected chi connectivity index (χ3v) is 5.45. The normalized spacial score (nSPS) is 18.6. The number of hydrogen-bond donors (Lipinski definition) is 3. The number of nitrogens with two attached hydrogens (primary N) is 1. The number of phenolic OH excluding ortho intramolecular Hbond substituents is 2. The van der Waals surface area contributed by atoms with E-state index in [2.05, 4.69) is 17.9 Å². The summed E-state index contributed by atoms with van der Waals surface area (Å²) < 4.78 is 0. The monoisotopic (exact) mass is 351 g/mol. The molecule has 5 nitrogen and oxygen atoms in total. The van der Waals surface area contributed by atoms with Gasteiger partial charge in [0.25, 0.3) is 0 Å². The summed E-state index contributed by atoms with van der Waals surface area (Å²) in [6.07, 6.45) is 4.71. The lowest BCUT2D eigenvalue weighted by Gasteiger charge is -2.36. The number of benzene rings is 2. The van der Waals surface area contributed by atoms with Crippen molar-refractivity contribution in [3.63, 3.8) is 0 Å². The third-order valence-electron chi connectivity index (χ3n) is 5.45. The number of aromatic nitrogens is 1. The van der Waals surface area contributed by atoms with Gasteiger partial charge < -0.3 is 15.9 Å². The number of fused-ring (bicyclic) bond motifs is 2. The Morgan fingerprint density at radius 3 is 2.77 bits per heavy atom. The Bertz CT molecular complexity index is 969. The van der Waals surface area contributed by atoms with Gasteiger partial charge in [-0.2, -0.15) is 0 Å². The number of pyridine rings is 1. The zero-order valence-electron chi connectivity index (χ0n) is 15.1. The number of anilines is 1. The Morgan fingerprint density at radius 2 is 1.96 bits per heavy atom. The van der Waals surface area contributed by atoms with Gasteiger partial charge in [0.15, 0.2) is 11.5 Å². The lowest BCUT2D eigenvalue weighted by molar-refractivity contribution is 0.150. The third kappa shape index (κ3) is 2.72. The van der Waals surface area contributed by atoms with Crippen LogP contribution in [0.4, 0.5) is 5.69 Å². The summed E-state index contributed by atoms with van der Waals surface area (Å²) in [5.41, 5.74) is 9.82. The van der Waals surface area contributed by atoms with Crippen LogP contribution in [0.2, 0.25) is 0 Å². The molecule has 26 heavy (non-hydrogen) atoms. The van der Waals surface area contributed by atoms with Crippen LogP contribution in [0, 0.1) is 0 Å². The zero-order valence-corrected chi connectivity index (χ0v) is 15.1. The standard InChI is InChI=1S/C21H25N3O2/c1-2-9-24-10-4-3-8-17(24)13-6-5-7-15-20(13)21(22)14-11-18(25)19(26)12-16(14)23-15/h5-7,11-12,17,25-26H,2-4,8-10H2,1H3,(H2,22,23). The molecule has 1 aliphatic rings. The quantitative estimate of drug-likeness (QED) is 0.483. The van der Waals surface area contributed by atoms with Crippen LogP contribution in [0.25, 0.3) is 21.8 Å². The summed E-state index contributed by atoms with van der Waals surface area (Å²) in [6.45, 7) is 4.41. The molecule has 1 aromatic heterocycles. The molecule has 0 aliphatic carbocycles. The van der Waals surface area contributed by atoms with Crippen LogP contribution >= 0.6 is 0 Å². The second-order valence-electron chi connectivity index (χ2n) is 7.17. The van der Waals surface area contributed by atoms with Gasteiger partial charge in [0.2, 0.25) is 0 Å². The van der Waals surface area contributed by atoms with Crippen LogP contribution in [-0.4, -0.2) is 33.2 Å². The summed E-state index contributed by atoms with van der Waals surface area (Å²) in [5.74, 6) is -0.352. The SMILES string of the molecule is CCCN1CCCCC1c1cccc2nc3cc(O)c(O)cc3c(N)c12. The summed E-state index contributed by atoms with van der Waals surface area (Å²) in [6, 6.07) is 9.48. The van der Waals surface area contributed by atoms with Crippen molar-refractivity contribution in [1.29, 1.82) is 0 Å². The molecule has 1 saturated heterocycles. The molecule has 0 spiro atoms. The molecular formula is C21H25N3O2. The van der Waals surface area contributed by atoms with E-state index >= 15 is 0 Å². The van der Waals surface area contributed by atoms with Gasteiger partial charge in [0.05, 0.1) is 16.7 Å². The van der Waals surface area contributed by atoms with Crippen molar-refractivity contribution in [2.75, 3.05) is 18.8 Å². The van der Waals surface area contributed by atoms with E-state index in [1.807, 2.05) is 12.1 Å². The van der Waals surface area contributed by atoms with E-state index in [1.165, 1.54) is 30.5 Å². The maximum atomic E-state index is 9.90. The Balaban J connectivity index is 1.95. The van der Waals surface area contributed by atoms with Crippen molar-refractivity contribution >= 4 is 27.5 Å². The first-order chi connectivity index (χ1) is 12.6. The molecule has 0 bridgehead atoms. The second-order valence-corrected chi connectivity index (χ2v) is 7.17. The molecule has 1 atom stereocenters. The minimum Gasteiger partial charge on any atom is -0.504 e. The van der Waals surface area contributed by atoms with E-state index in [0.717, 1.165) is 36.8 Å². The highest BCUT2D eigenvalue weighted by Gasteiger charge is 2.26. The predicted molar refractivity (Wildman–Crippen MR) is 105 cm³/mol. The average molecular weight is 351 g/mol. The van der Waals surface area contributed by atoms with Gasteiger partial charge in [0.1, 0.15) is 0 Å². The summed E-state index contributed by atoms with van der Waals surface area (Å²) in [7, 11) is 0. The average Bonchev–Trinajstić information content (AvgIpc) is 2.64. The van der Waals surface area contributed by atoms with Crippen LogP contribution in [0.5, 0.6) is 11.5 Å². The minimum absolute atomic E-state index is 0.173. The molecule has 0 saturated carbocycles. The van der Waals surface area contributed by atoms with Crippen LogP contribution < -0.4 is 5.73 Å². The molecule has 1 fully saturated rings. The van der Waals surface area contributed by atoms with Crippen LogP contribution in [0.1, 0.15) is 44.2 Å². The molecule has 2 aromatic carbocycles. The summed E-state index contributed by atoms with van der Waals surface area (Å²) in [5, 5.41) is 21.3. The summed E-state index contributed by atoms with van der Waals surface area (Å²) >= 11 is 0. The van der Waals surface area contributed by atoms with Crippen molar-refractivity contribution < 1.29 is 10.2 Å². The number of piperidine rings is 1. The highest BCUT2D eigenvalue weighted by Crippen LogP contribution is 2.41. The van der Waals surface area contributed by atoms with Crippen LogP contribution in [0.3, 0.4) is 0 Å². The van der Waals surface area contributed by atoms with E-state index in [9.17, 15) is 10.2 Å². The Labute approximate surface area is 153 Å². The highest BCUT2D eigenvalue weighted by atomic mass is 16.3. The minimum atomic E-state index is -0.179. The molecule has 2 heterocycles. The molecular weight excluding hydrogens is 326 g/mol. The zero-order chi connectivity index (χ0) is 18.3. The van der Waals surface area contributed by atoms with Gasteiger partial charge in [-0.15, -0.1) is 0 Å². The number of aromatic hydroxyl groups is 2. The molecule has 0 radical (unpaired) electrons. The van der Waals surface area contributed by atoms with Crippen LogP contribution in [-0.2, 0) is 0 Å². The van der Waals surface area contributed by atoms with E-state index in [0.29, 0.717) is 22.6 Å². The predicted octanol–water partition coefficient (Wildman–Crippen LogP) is 4.32. The fourth-order valence-corrected chi connectivity index (χ4v) is 4.26. The maximum absolute atomic E-state index is 9.90. The van der Waals surface area contributed by atoms with Crippen molar-refractivity contribution in [1.82, 2.24) is 9.88 Å². The molecule has 136 valence electrons. The van der Waals surface area contributed by atoms with Crippen molar-refractivity contribution in [2.24, 2.45) is 0 Å². The number of hydrogen-bond acceptors (Lipinski definition) is 5. The Kier molecular flexibility index (Phi) is 4.32. The van der Waals surface area contributed by atoms with Crippen molar-refractivity contribution in [2.45, 2.75) is 38.6 Å². The maximum Gasteiger partial charge on any atom is 0.159 e. The lowest BCUT2D eigenvalue weighted by atomic mass is 9.91. The smallest absolute Gasteiger partial charge is 0.159 e. The molecule has 0 amide bonds. The number of nitrogens with zero attached hydrogens (tertiary/aromatic N) is 2. The molecule has 4 rings (SSSR count). The second kappa shape index (κ2) is 6.65. The Morgan fingerprint density at radius 1 is 1.15 bits per heavy atom. The highest BCUT2D eigenvalue weighted by molar-refractivity contribution is 6.08. The van der Waals surface area contributed by atoms with E-state index in [1.54, 1.807) is 0 Å². The number of nitrogen functional groups attached to an aromatic ring is 1. The van der Waals surface area contributed by atoms with Gasteiger partial charge in [-0.3, -0.25) is 4.90 Å². The molecule has 5 heteroatoms. The van der Waals surface area contributed by atoms with E-state index in [-0.39, 0.29) is 11.5 Å². The summed E-state index contributed by atoms with van der Waals surface area (Å²) in [4.78, 5) is 7.25. The number of likely N-dealkylation sites (tertiary alicyclic amines) is 1. The molecule has 4 N–H and O–H groups in total. The fraction of sp³-hybridized carbons (Fsp3) is 0.381. The van der Waals surface area contributed by atoms with Gasteiger partial charge >= 0.3 is 0 Å². The molecule has 1 unspecified atom stereocenters. The number of phenols is 2. The number of rotatable bonds is 3. The van der Waals surface area contributed by atoms with E-state index in [4.69, 9.17) is 10.7 Å². The van der Waals surface area contributed by atoms with Crippen molar-refractivity contribution in [3.8, 4) is 11.5 Å². The first kappa shape index (κ1) is 16.9. The van der Waals surface area contributed by atoms with Crippen LogP contribution in [0.15, 0.2) is 30.3 Å². The first-order valence-corrected chi connectivity index (χ1v) is 9.38. The van der Waals surface area contributed by atoms with Gasteiger partial charge in [-0.1, -0.05) is 25.5 Å². The largest absolute Gasteiger partial charge is 0.504 e. The van der Waals surface area contributed by atoms with Gasteiger partial charge in [0, 0.05) is 22.9 Å². The first-order valence-electron chi connectivity index (χ1n) is 9.38. The van der Waals surface area contributed by atoms with E-state index < -0.39 is 0 Å². The van der Waals surface area contributed by atoms with Crippen molar-refractivity contribution in [3.05, 3.63) is 35.9 Å². The Hall–Kier alpha value is -2.53. The van der Waals surface area contributed by atoms with Gasteiger partial charge in [-0.05, 0) is 50.0 Å². The van der Waals surface area contributed by atoms with Gasteiger partial charge in [-0.25, -0.2) is 4.98 Å².